The molecule has 2 atom stereocenters. The molecule has 2 heterocycles. The third kappa shape index (κ3) is 2.85. The molecule has 0 aliphatic carbocycles. The molecule has 1 saturated heterocycles. The molecule has 2 aromatic rings. The molecule has 1 aliphatic rings. The lowest BCUT2D eigenvalue weighted by Crippen LogP contribution is -2.60. The van der Waals surface area contributed by atoms with Crippen molar-refractivity contribution in [2.45, 2.75) is 31.9 Å². The normalized spacial score (nSPS) is 23.9. The van der Waals surface area contributed by atoms with Crippen molar-refractivity contribution in [2.75, 3.05) is 27.2 Å². The maximum atomic E-state index is 12.9. The summed E-state index contributed by atoms with van der Waals surface area (Å²) >= 11 is 0. The Morgan fingerprint density at radius 3 is 2.52 bits per heavy atom. The van der Waals surface area contributed by atoms with Crippen LogP contribution in [0.3, 0.4) is 0 Å². The zero-order valence-electron chi connectivity index (χ0n) is 15.2. The molecule has 1 fully saturated rings. The van der Waals surface area contributed by atoms with Crippen LogP contribution < -0.4 is 0 Å². The first-order valence-corrected chi connectivity index (χ1v) is 8.51. The fraction of sp³-hybridized carbons (Fsp3) is 0.474. The summed E-state index contributed by atoms with van der Waals surface area (Å²) in [5.74, 6) is 0.389. The van der Waals surface area contributed by atoms with Crippen LogP contribution in [0, 0.1) is 13.8 Å². The van der Waals surface area contributed by atoms with Gasteiger partial charge in [0, 0.05) is 13.1 Å². The van der Waals surface area contributed by atoms with Gasteiger partial charge in [-0.1, -0.05) is 35.5 Å². The van der Waals surface area contributed by atoms with E-state index < -0.39 is 11.6 Å². The van der Waals surface area contributed by atoms with Gasteiger partial charge < -0.3 is 14.5 Å². The SMILES string of the molecule is Cc1noc(C)c1C(=O)N1CC[C@@](c2ccccc2)(N(C)C)[C@H](O)C1. The second-order valence-corrected chi connectivity index (χ2v) is 6.90. The molecule has 1 N–H and O–H groups in total. The zero-order valence-corrected chi connectivity index (χ0v) is 15.2. The minimum atomic E-state index is -0.692. The highest BCUT2D eigenvalue weighted by molar-refractivity contribution is 5.96. The Balaban J connectivity index is 1.88. The number of amides is 1. The Kier molecular flexibility index (Phi) is 4.67. The molecule has 25 heavy (non-hydrogen) atoms. The quantitative estimate of drug-likeness (QED) is 0.922. The van der Waals surface area contributed by atoms with Crippen LogP contribution in [0.4, 0.5) is 0 Å². The monoisotopic (exact) mass is 343 g/mol. The van der Waals surface area contributed by atoms with Crippen molar-refractivity contribution in [3.05, 3.63) is 52.9 Å². The van der Waals surface area contributed by atoms with Gasteiger partial charge >= 0.3 is 0 Å². The number of carbonyl (C=O) groups excluding carboxylic acids is 1. The first-order chi connectivity index (χ1) is 11.9. The molecule has 0 bridgehead atoms. The predicted molar refractivity (Wildman–Crippen MR) is 94.3 cm³/mol. The van der Waals surface area contributed by atoms with E-state index in [1.807, 2.05) is 44.4 Å². The summed E-state index contributed by atoms with van der Waals surface area (Å²) in [4.78, 5) is 16.6. The predicted octanol–water partition coefficient (Wildman–Crippen LogP) is 1.96. The average molecular weight is 343 g/mol. The first-order valence-electron chi connectivity index (χ1n) is 8.51. The number of likely N-dealkylation sites (tertiary alicyclic amines) is 1. The first kappa shape index (κ1) is 17.6. The average Bonchev–Trinajstić information content (AvgIpc) is 2.93. The second-order valence-electron chi connectivity index (χ2n) is 6.90. The van der Waals surface area contributed by atoms with Crippen LogP contribution in [0.2, 0.25) is 0 Å². The van der Waals surface area contributed by atoms with Crippen LogP contribution in [0.25, 0.3) is 0 Å². The molecule has 0 radical (unpaired) electrons. The van der Waals surface area contributed by atoms with Crippen LogP contribution >= 0.6 is 0 Å². The van der Waals surface area contributed by atoms with E-state index in [-0.39, 0.29) is 12.5 Å². The van der Waals surface area contributed by atoms with Gasteiger partial charge in [-0.25, -0.2) is 0 Å². The van der Waals surface area contributed by atoms with Crippen molar-refractivity contribution in [3.8, 4) is 0 Å². The van der Waals surface area contributed by atoms with Crippen molar-refractivity contribution in [1.82, 2.24) is 15.0 Å². The number of hydrogen-bond acceptors (Lipinski definition) is 5. The van der Waals surface area contributed by atoms with Gasteiger partial charge in [0.1, 0.15) is 11.3 Å². The number of aliphatic hydroxyl groups is 1. The van der Waals surface area contributed by atoms with E-state index in [0.717, 1.165) is 5.56 Å². The molecule has 6 nitrogen and oxygen atoms in total. The third-order valence-electron chi connectivity index (χ3n) is 5.31. The Morgan fingerprint density at radius 2 is 2.00 bits per heavy atom. The number of hydrogen-bond donors (Lipinski definition) is 1. The van der Waals surface area contributed by atoms with Crippen molar-refractivity contribution >= 4 is 5.91 Å². The van der Waals surface area contributed by atoms with Crippen molar-refractivity contribution < 1.29 is 14.4 Å². The number of aromatic nitrogens is 1. The topological polar surface area (TPSA) is 69.8 Å². The Morgan fingerprint density at radius 1 is 1.32 bits per heavy atom. The largest absolute Gasteiger partial charge is 0.389 e. The molecular formula is C19H25N3O3. The standard InChI is InChI=1S/C19H25N3O3/c1-13-17(14(2)25-20-13)18(24)22-11-10-19(21(3)4,16(23)12-22)15-8-6-5-7-9-15/h5-9,16,23H,10-12H2,1-4H3/t16-,19+/m1/s1. The van der Waals surface area contributed by atoms with Crippen LogP contribution in [0.1, 0.15) is 33.8 Å². The third-order valence-corrected chi connectivity index (χ3v) is 5.31. The van der Waals surface area contributed by atoms with Crippen molar-refractivity contribution in [1.29, 1.82) is 0 Å². The van der Waals surface area contributed by atoms with Gasteiger partial charge in [-0.05, 0) is 39.9 Å². The maximum Gasteiger partial charge on any atom is 0.259 e. The van der Waals surface area contributed by atoms with E-state index >= 15 is 0 Å². The van der Waals surface area contributed by atoms with E-state index in [9.17, 15) is 9.90 Å². The molecule has 1 aromatic heterocycles. The second kappa shape index (κ2) is 6.61. The number of rotatable bonds is 3. The summed E-state index contributed by atoms with van der Waals surface area (Å²) in [7, 11) is 3.95. The molecule has 1 aliphatic heterocycles. The number of β-amino-alcohol motifs (C(OH)–C–C–N with tert-alkyl or cyclic N) is 1. The van der Waals surface area contributed by atoms with Gasteiger partial charge in [0.2, 0.25) is 0 Å². The summed E-state index contributed by atoms with van der Waals surface area (Å²) in [5.41, 5.74) is 1.65. The van der Waals surface area contributed by atoms with Gasteiger partial charge in [-0.15, -0.1) is 0 Å². The molecule has 1 amide bonds. The van der Waals surface area contributed by atoms with Crippen LogP contribution in [0.5, 0.6) is 0 Å². The Bertz CT molecular complexity index is 737. The molecule has 1 aromatic carbocycles. The van der Waals surface area contributed by atoms with Crippen molar-refractivity contribution in [3.63, 3.8) is 0 Å². The number of piperidine rings is 1. The Hall–Kier alpha value is -2.18. The lowest BCUT2D eigenvalue weighted by molar-refractivity contribution is -0.0612. The smallest absolute Gasteiger partial charge is 0.259 e. The molecule has 0 saturated carbocycles. The molecule has 0 unspecified atom stereocenters. The Labute approximate surface area is 148 Å². The number of nitrogens with zero attached hydrogens (tertiary/aromatic N) is 3. The van der Waals surface area contributed by atoms with Gasteiger partial charge in [-0.3, -0.25) is 9.69 Å². The van der Waals surface area contributed by atoms with E-state index in [1.54, 1.807) is 18.7 Å². The number of aryl methyl sites for hydroxylation is 2. The molecule has 3 rings (SSSR count). The van der Waals surface area contributed by atoms with Gasteiger partial charge in [0.15, 0.2) is 0 Å². The van der Waals surface area contributed by atoms with Crippen molar-refractivity contribution in [2.24, 2.45) is 0 Å². The van der Waals surface area contributed by atoms with E-state index in [2.05, 4.69) is 10.1 Å². The van der Waals surface area contributed by atoms with E-state index in [4.69, 9.17) is 4.52 Å². The van der Waals surface area contributed by atoms with Gasteiger partial charge in [0.25, 0.3) is 5.91 Å². The van der Waals surface area contributed by atoms with Gasteiger partial charge in [0.05, 0.1) is 17.3 Å². The van der Waals surface area contributed by atoms with Crippen LogP contribution in [0.15, 0.2) is 34.9 Å². The molecule has 6 heteroatoms. The lowest BCUT2D eigenvalue weighted by Gasteiger charge is -2.49. The number of aliphatic hydroxyl groups excluding tert-OH is 1. The van der Waals surface area contributed by atoms with E-state index in [1.165, 1.54) is 0 Å². The number of likely N-dealkylation sites (N-methyl/N-ethyl adjacent to an activating group) is 1. The zero-order chi connectivity index (χ0) is 18.2. The highest BCUT2D eigenvalue weighted by atomic mass is 16.5. The van der Waals surface area contributed by atoms with E-state index in [0.29, 0.717) is 30.0 Å². The summed E-state index contributed by atoms with van der Waals surface area (Å²) in [6.45, 7) is 4.34. The summed E-state index contributed by atoms with van der Waals surface area (Å²) in [6.07, 6.45) is -0.0385. The maximum absolute atomic E-state index is 12.9. The summed E-state index contributed by atoms with van der Waals surface area (Å²) in [6, 6.07) is 10.0. The minimum Gasteiger partial charge on any atom is -0.389 e. The van der Waals surface area contributed by atoms with Crippen LogP contribution in [-0.2, 0) is 5.54 Å². The molecule has 134 valence electrons. The highest BCUT2D eigenvalue weighted by Gasteiger charge is 2.46. The fourth-order valence-electron chi connectivity index (χ4n) is 3.90. The number of carbonyl (C=O) groups is 1. The van der Waals surface area contributed by atoms with Crippen LogP contribution in [-0.4, -0.2) is 59.3 Å². The number of benzene rings is 1. The highest BCUT2D eigenvalue weighted by Crippen LogP contribution is 2.38. The lowest BCUT2D eigenvalue weighted by atomic mass is 9.77. The summed E-state index contributed by atoms with van der Waals surface area (Å²) < 4.78 is 5.11. The van der Waals surface area contributed by atoms with Gasteiger partial charge in [-0.2, -0.15) is 0 Å². The summed E-state index contributed by atoms with van der Waals surface area (Å²) in [5, 5.41) is 14.9. The minimum absolute atomic E-state index is 0.129. The molecular weight excluding hydrogens is 318 g/mol. The fourth-order valence-corrected chi connectivity index (χ4v) is 3.90. The molecule has 0 spiro atoms.